The first-order valence-corrected chi connectivity index (χ1v) is 6.08. The van der Waals surface area contributed by atoms with Crippen LogP contribution in [0, 0.1) is 0 Å². The van der Waals surface area contributed by atoms with Crippen LogP contribution in [-0.4, -0.2) is 27.3 Å². The predicted octanol–water partition coefficient (Wildman–Crippen LogP) is 1.31. The van der Waals surface area contributed by atoms with Gasteiger partial charge in [0.05, 0.1) is 17.1 Å². The van der Waals surface area contributed by atoms with E-state index in [1.165, 1.54) is 0 Å². The first-order valence-electron chi connectivity index (χ1n) is 6.08. The zero-order valence-electron chi connectivity index (χ0n) is 10.1. The second kappa shape index (κ2) is 5.29. The number of nitrogens with two attached hydrogens (primary N) is 1. The van der Waals surface area contributed by atoms with E-state index in [2.05, 4.69) is 22.5 Å². The van der Waals surface area contributed by atoms with Gasteiger partial charge in [-0.25, -0.2) is 4.98 Å². The van der Waals surface area contributed by atoms with Gasteiger partial charge in [0, 0.05) is 19.5 Å². The molecule has 17 heavy (non-hydrogen) atoms. The Balaban J connectivity index is 2.42. The minimum Gasteiger partial charge on any atom is -0.391 e. The van der Waals surface area contributed by atoms with Crippen molar-refractivity contribution in [2.75, 3.05) is 6.54 Å². The van der Waals surface area contributed by atoms with Crippen LogP contribution in [0.4, 0.5) is 0 Å². The van der Waals surface area contributed by atoms with E-state index in [1.807, 2.05) is 18.2 Å². The summed E-state index contributed by atoms with van der Waals surface area (Å²) in [5.41, 5.74) is 7.57. The van der Waals surface area contributed by atoms with Crippen molar-refractivity contribution in [1.29, 1.82) is 0 Å². The van der Waals surface area contributed by atoms with Crippen LogP contribution in [0.5, 0.6) is 0 Å². The number of aryl methyl sites for hydroxylation is 1. The Hall–Kier alpha value is -1.39. The molecule has 1 atom stereocenters. The Bertz CT molecular complexity index is 492. The van der Waals surface area contributed by atoms with Gasteiger partial charge >= 0.3 is 0 Å². The van der Waals surface area contributed by atoms with Crippen molar-refractivity contribution in [3.05, 3.63) is 30.1 Å². The maximum atomic E-state index is 9.65. The molecule has 0 radical (unpaired) electrons. The fourth-order valence-corrected chi connectivity index (χ4v) is 2.05. The lowest BCUT2D eigenvalue weighted by molar-refractivity contribution is 0.179. The summed E-state index contributed by atoms with van der Waals surface area (Å²) in [6.07, 6.45) is 1.06. The van der Waals surface area contributed by atoms with Gasteiger partial charge in [0.25, 0.3) is 0 Å². The standard InChI is InChI=1S/C13H19N3O/c1-2-7-16-12-6-4-3-5-11(12)15-13(16)8-10(17)9-14/h3-6,10,17H,2,7-9,14H2,1H3. The first kappa shape index (κ1) is 12.1. The van der Waals surface area contributed by atoms with Crippen molar-refractivity contribution in [1.82, 2.24) is 9.55 Å². The highest BCUT2D eigenvalue weighted by molar-refractivity contribution is 5.75. The summed E-state index contributed by atoms with van der Waals surface area (Å²) < 4.78 is 2.17. The zero-order chi connectivity index (χ0) is 12.3. The van der Waals surface area contributed by atoms with Crippen molar-refractivity contribution >= 4 is 11.0 Å². The van der Waals surface area contributed by atoms with E-state index >= 15 is 0 Å². The minimum absolute atomic E-state index is 0.273. The van der Waals surface area contributed by atoms with Gasteiger partial charge in [0.15, 0.2) is 0 Å². The maximum Gasteiger partial charge on any atom is 0.112 e. The molecule has 2 rings (SSSR count). The summed E-state index contributed by atoms with van der Waals surface area (Å²) in [7, 11) is 0. The van der Waals surface area contributed by atoms with Crippen LogP contribution in [0.15, 0.2) is 24.3 Å². The number of fused-ring (bicyclic) bond motifs is 1. The van der Waals surface area contributed by atoms with Gasteiger partial charge in [-0.2, -0.15) is 0 Å². The molecule has 1 aromatic heterocycles. The molecule has 0 aliphatic heterocycles. The Labute approximate surface area is 101 Å². The fourth-order valence-electron chi connectivity index (χ4n) is 2.05. The highest BCUT2D eigenvalue weighted by Crippen LogP contribution is 2.17. The molecule has 1 aromatic carbocycles. The molecule has 1 heterocycles. The highest BCUT2D eigenvalue weighted by atomic mass is 16.3. The van der Waals surface area contributed by atoms with Crippen LogP contribution < -0.4 is 5.73 Å². The molecular weight excluding hydrogens is 214 g/mol. The van der Waals surface area contributed by atoms with Crippen molar-refractivity contribution in [3.8, 4) is 0 Å². The number of rotatable bonds is 5. The number of aromatic nitrogens is 2. The van der Waals surface area contributed by atoms with Crippen molar-refractivity contribution < 1.29 is 5.11 Å². The average Bonchev–Trinajstić information content (AvgIpc) is 2.68. The minimum atomic E-state index is -0.512. The normalized spacial score (nSPS) is 13.1. The Morgan fingerprint density at radius 1 is 1.41 bits per heavy atom. The zero-order valence-corrected chi connectivity index (χ0v) is 10.1. The SMILES string of the molecule is CCCn1c(CC(O)CN)nc2ccccc21. The third-order valence-corrected chi connectivity index (χ3v) is 2.87. The van der Waals surface area contributed by atoms with Gasteiger partial charge in [-0.3, -0.25) is 0 Å². The van der Waals surface area contributed by atoms with E-state index in [4.69, 9.17) is 5.73 Å². The van der Waals surface area contributed by atoms with Gasteiger partial charge in [-0.1, -0.05) is 19.1 Å². The number of aliphatic hydroxyl groups is 1. The second-order valence-electron chi connectivity index (χ2n) is 4.26. The van der Waals surface area contributed by atoms with Gasteiger partial charge in [0.1, 0.15) is 5.82 Å². The molecule has 4 nitrogen and oxygen atoms in total. The predicted molar refractivity (Wildman–Crippen MR) is 68.8 cm³/mol. The molecule has 0 aliphatic carbocycles. The molecular formula is C13H19N3O. The highest BCUT2D eigenvalue weighted by Gasteiger charge is 2.12. The molecule has 0 saturated carbocycles. The Morgan fingerprint density at radius 2 is 2.18 bits per heavy atom. The van der Waals surface area contributed by atoms with Crippen LogP contribution in [-0.2, 0) is 13.0 Å². The van der Waals surface area contributed by atoms with E-state index < -0.39 is 6.10 Å². The van der Waals surface area contributed by atoms with Crippen LogP contribution >= 0.6 is 0 Å². The lowest BCUT2D eigenvalue weighted by atomic mass is 10.2. The molecule has 92 valence electrons. The lowest BCUT2D eigenvalue weighted by Gasteiger charge is -2.10. The Kier molecular flexibility index (Phi) is 3.76. The molecule has 0 spiro atoms. The van der Waals surface area contributed by atoms with Crippen molar-refractivity contribution in [2.24, 2.45) is 5.73 Å². The van der Waals surface area contributed by atoms with Crippen LogP contribution in [0.25, 0.3) is 11.0 Å². The number of hydrogen-bond acceptors (Lipinski definition) is 3. The third kappa shape index (κ3) is 2.48. The smallest absolute Gasteiger partial charge is 0.112 e. The summed E-state index contributed by atoms with van der Waals surface area (Å²) in [6.45, 7) is 3.33. The van der Waals surface area contributed by atoms with E-state index in [-0.39, 0.29) is 6.54 Å². The molecule has 0 aliphatic rings. The van der Waals surface area contributed by atoms with E-state index in [0.717, 1.165) is 29.8 Å². The van der Waals surface area contributed by atoms with Gasteiger partial charge in [-0.15, -0.1) is 0 Å². The largest absolute Gasteiger partial charge is 0.391 e. The average molecular weight is 233 g/mol. The van der Waals surface area contributed by atoms with E-state index in [1.54, 1.807) is 0 Å². The summed E-state index contributed by atoms with van der Waals surface area (Å²) in [4.78, 5) is 4.57. The van der Waals surface area contributed by atoms with Gasteiger partial charge in [0.2, 0.25) is 0 Å². The summed E-state index contributed by atoms with van der Waals surface area (Å²) in [5, 5.41) is 9.65. The number of aliphatic hydroxyl groups excluding tert-OH is 1. The molecule has 0 bridgehead atoms. The second-order valence-corrected chi connectivity index (χ2v) is 4.26. The van der Waals surface area contributed by atoms with Crippen LogP contribution in [0.2, 0.25) is 0 Å². The van der Waals surface area contributed by atoms with Gasteiger partial charge < -0.3 is 15.4 Å². The first-order chi connectivity index (χ1) is 8.26. The molecule has 0 amide bonds. The monoisotopic (exact) mass is 233 g/mol. The Morgan fingerprint density at radius 3 is 2.88 bits per heavy atom. The molecule has 0 saturated heterocycles. The third-order valence-electron chi connectivity index (χ3n) is 2.87. The number of hydrogen-bond donors (Lipinski definition) is 2. The molecule has 4 heteroatoms. The fraction of sp³-hybridized carbons (Fsp3) is 0.462. The van der Waals surface area contributed by atoms with Crippen molar-refractivity contribution in [2.45, 2.75) is 32.4 Å². The van der Waals surface area contributed by atoms with Gasteiger partial charge in [-0.05, 0) is 18.6 Å². The van der Waals surface area contributed by atoms with Crippen LogP contribution in [0.3, 0.4) is 0 Å². The number of imidazole rings is 1. The van der Waals surface area contributed by atoms with Crippen molar-refractivity contribution in [3.63, 3.8) is 0 Å². The molecule has 3 N–H and O–H groups in total. The summed E-state index contributed by atoms with van der Waals surface area (Å²) in [5.74, 6) is 0.922. The number of benzene rings is 1. The topological polar surface area (TPSA) is 64.1 Å². The summed E-state index contributed by atoms with van der Waals surface area (Å²) in [6, 6.07) is 8.06. The maximum absolute atomic E-state index is 9.65. The van der Waals surface area contributed by atoms with E-state index in [0.29, 0.717) is 6.42 Å². The lowest BCUT2D eigenvalue weighted by Crippen LogP contribution is -2.23. The molecule has 1 unspecified atom stereocenters. The van der Waals surface area contributed by atoms with Crippen LogP contribution in [0.1, 0.15) is 19.2 Å². The molecule has 2 aromatic rings. The number of nitrogens with zero attached hydrogens (tertiary/aromatic N) is 2. The van der Waals surface area contributed by atoms with E-state index in [9.17, 15) is 5.11 Å². The summed E-state index contributed by atoms with van der Waals surface area (Å²) >= 11 is 0. The number of para-hydroxylation sites is 2. The molecule has 0 fully saturated rings. The quantitative estimate of drug-likeness (QED) is 0.818.